The molecule has 0 fully saturated rings. The fourth-order valence-electron chi connectivity index (χ4n) is 3.09. The molecule has 142 valence electrons. The van der Waals surface area contributed by atoms with Gasteiger partial charge in [0.05, 0.1) is 7.11 Å². The van der Waals surface area contributed by atoms with E-state index < -0.39 is 0 Å². The number of amides is 1. The van der Waals surface area contributed by atoms with Crippen molar-refractivity contribution in [3.05, 3.63) is 59.7 Å². The van der Waals surface area contributed by atoms with E-state index >= 15 is 0 Å². The maximum atomic E-state index is 12.7. The molecule has 0 aromatic heterocycles. The van der Waals surface area contributed by atoms with E-state index in [-0.39, 0.29) is 24.4 Å². The number of para-hydroxylation sites is 1. The van der Waals surface area contributed by atoms with Gasteiger partial charge in [-0.1, -0.05) is 30.3 Å². The Morgan fingerprint density at radius 2 is 1.81 bits per heavy atom. The molecule has 0 radical (unpaired) electrons. The van der Waals surface area contributed by atoms with E-state index in [0.29, 0.717) is 19.4 Å². The second-order valence-corrected chi connectivity index (χ2v) is 6.28. The van der Waals surface area contributed by atoms with Crippen molar-refractivity contribution in [2.75, 3.05) is 19.4 Å². The SMILES string of the molecule is CCN(C(=O)CCc1ccccc1N)C(C)Cc1ccc(OC)cc1.Cl. The van der Waals surface area contributed by atoms with Gasteiger partial charge < -0.3 is 15.4 Å². The minimum absolute atomic E-state index is 0. The van der Waals surface area contributed by atoms with Gasteiger partial charge in [-0.15, -0.1) is 12.4 Å². The fraction of sp³-hybridized carbons (Fsp3) is 0.381. The van der Waals surface area contributed by atoms with Crippen LogP contribution in [0.4, 0.5) is 5.69 Å². The average molecular weight is 377 g/mol. The molecule has 0 aliphatic heterocycles. The molecule has 2 rings (SSSR count). The Balaban J connectivity index is 0.00000338. The van der Waals surface area contributed by atoms with Crippen molar-refractivity contribution in [3.63, 3.8) is 0 Å². The summed E-state index contributed by atoms with van der Waals surface area (Å²) in [6, 6.07) is 15.9. The number of nitrogen functional groups attached to an aromatic ring is 1. The summed E-state index contributed by atoms with van der Waals surface area (Å²) in [6.45, 7) is 4.84. The van der Waals surface area contributed by atoms with Gasteiger partial charge in [0.15, 0.2) is 0 Å². The number of aryl methyl sites for hydroxylation is 1. The molecule has 26 heavy (non-hydrogen) atoms. The highest BCUT2D eigenvalue weighted by Crippen LogP contribution is 2.17. The van der Waals surface area contributed by atoms with Gasteiger partial charge in [0.1, 0.15) is 5.75 Å². The molecule has 2 aromatic rings. The summed E-state index contributed by atoms with van der Waals surface area (Å²) in [4.78, 5) is 14.6. The van der Waals surface area contributed by atoms with Gasteiger partial charge in [-0.05, 0) is 56.0 Å². The molecule has 0 heterocycles. The highest BCUT2D eigenvalue weighted by Gasteiger charge is 2.19. The lowest BCUT2D eigenvalue weighted by Gasteiger charge is -2.28. The zero-order valence-electron chi connectivity index (χ0n) is 15.8. The monoisotopic (exact) mass is 376 g/mol. The summed E-state index contributed by atoms with van der Waals surface area (Å²) in [7, 11) is 1.66. The Labute approximate surface area is 162 Å². The first-order valence-corrected chi connectivity index (χ1v) is 8.81. The normalized spacial score (nSPS) is 11.3. The number of methoxy groups -OCH3 is 1. The van der Waals surface area contributed by atoms with Crippen molar-refractivity contribution in [2.24, 2.45) is 0 Å². The quantitative estimate of drug-likeness (QED) is 0.705. The van der Waals surface area contributed by atoms with Gasteiger partial charge >= 0.3 is 0 Å². The Bertz CT molecular complexity index is 689. The van der Waals surface area contributed by atoms with E-state index in [4.69, 9.17) is 10.5 Å². The first-order valence-electron chi connectivity index (χ1n) is 8.81. The number of ether oxygens (including phenoxy) is 1. The third-order valence-corrected chi connectivity index (χ3v) is 4.55. The van der Waals surface area contributed by atoms with Crippen molar-refractivity contribution < 1.29 is 9.53 Å². The van der Waals surface area contributed by atoms with E-state index in [1.807, 2.05) is 48.2 Å². The minimum Gasteiger partial charge on any atom is -0.497 e. The molecule has 0 aliphatic carbocycles. The van der Waals surface area contributed by atoms with Crippen molar-refractivity contribution in [1.82, 2.24) is 4.90 Å². The molecule has 0 saturated heterocycles. The zero-order valence-corrected chi connectivity index (χ0v) is 16.6. The molecular formula is C21H29ClN2O2. The minimum atomic E-state index is 0. The highest BCUT2D eigenvalue weighted by atomic mass is 35.5. The summed E-state index contributed by atoms with van der Waals surface area (Å²) >= 11 is 0. The van der Waals surface area contributed by atoms with Crippen molar-refractivity contribution >= 4 is 24.0 Å². The molecule has 2 aromatic carbocycles. The van der Waals surface area contributed by atoms with Crippen molar-refractivity contribution in [3.8, 4) is 5.75 Å². The van der Waals surface area contributed by atoms with Crippen LogP contribution in [0.1, 0.15) is 31.4 Å². The smallest absolute Gasteiger partial charge is 0.223 e. The first-order chi connectivity index (χ1) is 12.0. The van der Waals surface area contributed by atoms with Gasteiger partial charge in [0, 0.05) is 24.7 Å². The van der Waals surface area contributed by atoms with Crippen LogP contribution in [0.5, 0.6) is 5.75 Å². The maximum absolute atomic E-state index is 12.7. The summed E-state index contributed by atoms with van der Waals surface area (Å²) in [5.41, 5.74) is 8.96. The molecule has 4 nitrogen and oxygen atoms in total. The van der Waals surface area contributed by atoms with Crippen LogP contribution >= 0.6 is 12.4 Å². The lowest BCUT2D eigenvalue weighted by molar-refractivity contribution is -0.132. The van der Waals surface area contributed by atoms with Gasteiger partial charge in [0.2, 0.25) is 5.91 Å². The summed E-state index contributed by atoms with van der Waals surface area (Å²) in [5, 5.41) is 0. The topological polar surface area (TPSA) is 55.6 Å². The van der Waals surface area contributed by atoms with Crippen LogP contribution in [0.3, 0.4) is 0 Å². The van der Waals surface area contributed by atoms with Crippen LogP contribution in [0.25, 0.3) is 0 Å². The number of hydrogen-bond acceptors (Lipinski definition) is 3. The van der Waals surface area contributed by atoms with Crippen LogP contribution in [-0.2, 0) is 17.6 Å². The summed E-state index contributed by atoms with van der Waals surface area (Å²) in [5.74, 6) is 1.02. The predicted molar refractivity (Wildman–Crippen MR) is 110 cm³/mol. The van der Waals surface area contributed by atoms with E-state index in [1.165, 1.54) is 5.56 Å². The van der Waals surface area contributed by atoms with Gasteiger partial charge in [0.25, 0.3) is 0 Å². The molecule has 0 spiro atoms. The van der Waals surface area contributed by atoms with Crippen LogP contribution in [-0.4, -0.2) is 30.5 Å². The number of carbonyl (C=O) groups excluding carboxylic acids is 1. The van der Waals surface area contributed by atoms with Gasteiger partial charge in [-0.3, -0.25) is 4.79 Å². The Morgan fingerprint density at radius 3 is 2.38 bits per heavy atom. The van der Waals surface area contributed by atoms with E-state index in [1.54, 1.807) is 7.11 Å². The lowest BCUT2D eigenvalue weighted by Crippen LogP contribution is -2.39. The number of hydrogen-bond donors (Lipinski definition) is 1. The van der Waals surface area contributed by atoms with Crippen molar-refractivity contribution in [2.45, 2.75) is 39.2 Å². The van der Waals surface area contributed by atoms with E-state index in [9.17, 15) is 4.79 Å². The second-order valence-electron chi connectivity index (χ2n) is 6.28. The van der Waals surface area contributed by atoms with Crippen LogP contribution < -0.4 is 10.5 Å². The summed E-state index contributed by atoms with van der Waals surface area (Å²) < 4.78 is 5.19. The molecule has 5 heteroatoms. The molecule has 2 N–H and O–H groups in total. The number of rotatable bonds is 8. The molecular weight excluding hydrogens is 348 g/mol. The molecule has 0 bridgehead atoms. The fourth-order valence-corrected chi connectivity index (χ4v) is 3.09. The molecule has 0 saturated carbocycles. The molecule has 1 amide bonds. The number of likely N-dealkylation sites (N-methyl/N-ethyl adjacent to an activating group) is 1. The first kappa shape index (κ1) is 21.8. The number of nitrogens with two attached hydrogens (primary N) is 1. The van der Waals surface area contributed by atoms with Crippen LogP contribution in [0.2, 0.25) is 0 Å². The van der Waals surface area contributed by atoms with Crippen LogP contribution in [0, 0.1) is 0 Å². The van der Waals surface area contributed by atoms with E-state index in [2.05, 4.69) is 19.1 Å². The second kappa shape index (κ2) is 10.7. The molecule has 0 aliphatic rings. The Kier molecular flexibility index (Phi) is 9.00. The number of benzene rings is 2. The van der Waals surface area contributed by atoms with Gasteiger partial charge in [-0.25, -0.2) is 0 Å². The van der Waals surface area contributed by atoms with Crippen LogP contribution in [0.15, 0.2) is 48.5 Å². The standard InChI is InChI=1S/C21H28N2O2.ClH/c1-4-23(16(2)15-17-9-12-19(25-3)13-10-17)21(24)14-11-18-7-5-6-8-20(18)22;/h5-10,12-13,16H,4,11,14-15,22H2,1-3H3;1H. The molecule has 1 atom stereocenters. The van der Waals surface area contributed by atoms with Crippen molar-refractivity contribution in [1.29, 1.82) is 0 Å². The number of nitrogens with zero attached hydrogens (tertiary/aromatic N) is 1. The lowest BCUT2D eigenvalue weighted by atomic mass is 10.0. The zero-order chi connectivity index (χ0) is 18.2. The number of halogens is 1. The van der Waals surface area contributed by atoms with E-state index in [0.717, 1.165) is 23.4 Å². The average Bonchev–Trinajstić information content (AvgIpc) is 2.62. The number of anilines is 1. The molecule has 1 unspecified atom stereocenters. The predicted octanol–water partition coefficient (Wildman–Crippen LogP) is 4.11. The largest absolute Gasteiger partial charge is 0.497 e. The van der Waals surface area contributed by atoms with Gasteiger partial charge in [-0.2, -0.15) is 0 Å². The summed E-state index contributed by atoms with van der Waals surface area (Å²) in [6.07, 6.45) is 1.99. The third-order valence-electron chi connectivity index (χ3n) is 4.55. The Morgan fingerprint density at radius 1 is 1.15 bits per heavy atom. The highest BCUT2D eigenvalue weighted by molar-refractivity contribution is 5.85. The third kappa shape index (κ3) is 5.95. The number of carbonyl (C=O) groups is 1. The Hall–Kier alpha value is -2.20. The maximum Gasteiger partial charge on any atom is 0.223 e.